The minimum absolute atomic E-state index is 0.288. The highest BCUT2D eigenvalue weighted by Gasteiger charge is 2.26. The fourth-order valence-corrected chi connectivity index (χ4v) is 3.36. The Labute approximate surface area is 119 Å². The van der Waals surface area contributed by atoms with Gasteiger partial charge >= 0.3 is 0 Å². The monoisotopic (exact) mass is 270 g/mol. The molecule has 1 unspecified atom stereocenters. The van der Waals surface area contributed by atoms with E-state index >= 15 is 0 Å². The fourth-order valence-electron chi connectivity index (χ4n) is 3.36. The van der Waals surface area contributed by atoms with Crippen molar-refractivity contribution in [2.75, 3.05) is 26.7 Å². The molecule has 0 aromatic rings. The van der Waals surface area contributed by atoms with Crippen LogP contribution >= 0.6 is 0 Å². The molecular weight excluding hydrogens is 236 g/mol. The number of aliphatic hydroxyl groups is 1. The predicted octanol–water partition coefficient (Wildman–Crippen LogP) is 2.64. The molecule has 0 aliphatic heterocycles. The maximum absolute atomic E-state index is 9.29. The van der Waals surface area contributed by atoms with Crippen molar-refractivity contribution in [2.24, 2.45) is 5.41 Å². The lowest BCUT2D eigenvalue weighted by atomic mass is 9.84. The van der Waals surface area contributed by atoms with Crippen LogP contribution in [0.25, 0.3) is 0 Å². The molecule has 0 radical (unpaired) electrons. The van der Waals surface area contributed by atoms with Crippen LogP contribution in [0.3, 0.4) is 0 Å². The van der Waals surface area contributed by atoms with Gasteiger partial charge in [-0.1, -0.05) is 40.0 Å². The van der Waals surface area contributed by atoms with E-state index in [1.54, 1.807) is 0 Å². The highest BCUT2D eigenvalue weighted by Crippen LogP contribution is 2.25. The lowest BCUT2D eigenvalue weighted by molar-refractivity contribution is 0.111. The van der Waals surface area contributed by atoms with Gasteiger partial charge in [-0.25, -0.2) is 0 Å². The van der Waals surface area contributed by atoms with Crippen molar-refractivity contribution in [3.63, 3.8) is 0 Å². The summed E-state index contributed by atoms with van der Waals surface area (Å²) < 4.78 is 0. The second kappa shape index (κ2) is 8.23. The van der Waals surface area contributed by atoms with E-state index in [0.29, 0.717) is 17.5 Å². The Morgan fingerprint density at radius 1 is 1.16 bits per heavy atom. The normalized spacial score (nSPS) is 19.9. The summed E-state index contributed by atoms with van der Waals surface area (Å²) in [5.41, 5.74) is 0.298. The molecule has 3 heteroatoms. The zero-order valence-corrected chi connectivity index (χ0v) is 13.4. The van der Waals surface area contributed by atoms with Crippen LogP contribution in [-0.4, -0.2) is 48.8 Å². The smallest absolute Gasteiger partial charge is 0.0558 e. The van der Waals surface area contributed by atoms with E-state index in [1.165, 1.54) is 32.1 Å². The van der Waals surface area contributed by atoms with Gasteiger partial charge in [-0.2, -0.15) is 0 Å². The Kier molecular flexibility index (Phi) is 7.33. The highest BCUT2D eigenvalue weighted by molar-refractivity contribution is 4.82. The van der Waals surface area contributed by atoms with Crippen LogP contribution in [0, 0.1) is 5.41 Å². The molecule has 0 spiro atoms. The molecule has 0 saturated heterocycles. The third-order valence-electron chi connectivity index (χ3n) is 4.58. The van der Waals surface area contributed by atoms with Crippen molar-refractivity contribution in [1.29, 1.82) is 0 Å². The van der Waals surface area contributed by atoms with E-state index in [-0.39, 0.29) is 6.61 Å². The van der Waals surface area contributed by atoms with Gasteiger partial charge in [0.15, 0.2) is 0 Å². The highest BCUT2D eigenvalue weighted by atomic mass is 16.3. The summed E-state index contributed by atoms with van der Waals surface area (Å²) in [6.45, 7) is 9.12. The maximum Gasteiger partial charge on any atom is 0.0558 e. The third kappa shape index (κ3) is 5.80. The SMILES string of the molecule is CNC(CCN(CCO)C1CCCCC1)C(C)(C)C. The van der Waals surface area contributed by atoms with E-state index in [1.807, 2.05) is 0 Å². The van der Waals surface area contributed by atoms with Crippen LogP contribution in [0.4, 0.5) is 0 Å². The molecule has 1 aliphatic rings. The first-order valence-electron chi connectivity index (χ1n) is 8.01. The zero-order chi connectivity index (χ0) is 14.3. The van der Waals surface area contributed by atoms with Gasteiger partial charge in [0, 0.05) is 25.2 Å². The summed E-state index contributed by atoms with van der Waals surface area (Å²) in [5, 5.41) is 12.7. The summed E-state index contributed by atoms with van der Waals surface area (Å²) in [5.74, 6) is 0. The number of nitrogens with zero attached hydrogens (tertiary/aromatic N) is 1. The van der Waals surface area contributed by atoms with Gasteiger partial charge in [0.1, 0.15) is 0 Å². The second-order valence-electron chi connectivity index (χ2n) is 7.05. The minimum atomic E-state index is 0.288. The lowest BCUT2D eigenvalue weighted by Crippen LogP contribution is -2.44. The van der Waals surface area contributed by atoms with Crippen molar-refractivity contribution >= 4 is 0 Å². The molecule has 114 valence electrons. The van der Waals surface area contributed by atoms with Crippen LogP contribution in [0.15, 0.2) is 0 Å². The zero-order valence-electron chi connectivity index (χ0n) is 13.4. The molecule has 0 bridgehead atoms. The molecule has 0 amide bonds. The molecule has 0 aromatic carbocycles. The van der Waals surface area contributed by atoms with E-state index < -0.39 is 0 Å². The lowest BCUT2D eigenvalue weighted by Gasteiger charge is -2.37. The van der Waals surface area contributed by atoms with Crippen LogP contribution < -0.4 is 5.32 Å². The van der Waals surface area contributed by atoms with Crippen molar-refractivity contribution in [3.05, 3.63) is 0 Å². The van der Waals surface area contributed by atoms with Gasteiger partial charge in [0.25, 0.3) is 0 Å². The van der Waals surface area contributed by atoms with Crippen molar-refractivity contribution < 1.29 is 5.11 Å². The van der Waals surface area contributed by atoms with Gasteiger partial charge in [0.05, 0.1) is 6.61 Å². The van der Waals surface area contributed by atoms with E-state index in [9.17, 15) is 5.11 Å². The first kappa shape index (κ1) is 16.9. The van der Waals surface area contributed by atoms with Crippen molar-refractivity contribution in [2.45, 2.75) is 71.4 Å². The largest absolute Gasteiger partial charge is 0.395 e. The summed E-state index contributed by atoms with van der Waals surface area (Å²) in [6, 6.07) is 1.25. The molecule has 1 aliphatic carbocycles. The number of hydrogen-bond acceptors (Lipinski definition) is 3. The minimum Gasteiger partial charge on any atom is -0.395 e. The summed E-state index contributed by atoms with van der Waals surface area (Å²) >= 11 is 0. The third-order valence-corrected chi connectivity index (χ3v) is 4.58. The summed E-state index contributed by atoms with van der Waals surface area (Å²) in [6.07, 6.45) is 7.92. The van der Waals surface area contributed by atoms with Gasteiger partial charge in [-0.05, 0) is 31.7 Å². The number of rotatable bonds is 7. The molecule has 0 heterocycles. The number of nitrogens with one attached hydrogen (secondary N) is 1. The quantitative estimate of drug-likeness (QED) is 0.746. The Bertz CT molecular complexity index is 231. The summed E-state index contributed by atoms with van der Waals surface area (Å²) in [4.78, 5) is 2.52. The van der Waals surface area contributed by atoms with Crippen molar-refractivity contribution in [1.82, 2.24) is 10.2 Å². The molecule has 1 rings (SSSR count). The number of aliphatic hydroxyl groups excluding tert-OH is 1. The van der Waals surface area contributed by atoms with Gasteiger partial charge in [-0.3, -0.25) is 4.90 Å². The van der Waals surface area contributed by atoms with Crippen LogP contribution in [-0.2, 0) is 0 Å². The topological polar surface area (TPSA) is 35.5 Å². The molecule has 1 fully saturated rings. The van der Waals surface area contributed by atoms with Gasteiger partial charge in [0.2, 0.25) is 0 Å². The second-order valence-corrected chi connectivity index (χ2v) is 7.05. The van der Waals surface area contributed by atoms with Crippen molar-refractivity contribution in [3.8, 4) is 0 Å². The van der Waals surface area contributed by atoms with Gasteiger partial charge in [-0.15, -0.1) is 0 Å². The molecule has 2 N–H and O–H groups in total. The Balaban J connectivity index is 2.48. The Hall–Kier alpha value is -0.120. The first-order valence-corrected chi connectivity index (χ1v) is 8.01. The molecule has 1 saturated carbocycles. The standard InChI is InChI=1S/C16H34N2O/c1-16(2,3)15(17-4)10-11-18(12-13-19)14-8-6-5-7-9-14/h14-15,17,19H,5-13H2,1-4H3. The molecule has 3 nitrogen and oxygen atoms in total. The molecular formula is C16H34N2O. The van der Waals surface area contributed by atoms with E-state index in [0.717, 1.165) is 19.5 Å². The summed E-state index contributed by atoms with van der Waals surface area (Å²) in [7, 11) is 2.06. The van der Waals surface area contributed by atoms with Crippen LogP contribution in [0.1, 0.15) is 59.3 Å². The Morgan fingerprint density at radius 2 is 1.79 bits per heavy atom. The predicted molar refractivity (Wildman–Crippen MR) is 82.5 cm³/mol. The van der Waals surface area contributed by atoms with Crippen LogP contribution in [0.5, 0.6) is 0 Å². The Morgan fingerprint density at radius 3 is 2.26 bits per heavy atom. The first-order chi connectivity index (χ1) is 8.99. The average molecular weight is 270 g/mol. The van der Waals surface area contributed by atoms with E-state index in [4.69, 9.17) is 0 Å². The van der Waals surface area contributed by atoms with E-state index in [2.05, 4.69) is 38.0 Å². The maximum atomic E-state index is 9.29. The molecule has 19 heavy (non-hydrogen) atoms. The molecule has 1 atom stereocenters. The fraction of sp³-hybridized carbons (Fsp3) is 1.00. The van der Waals surface area contributed by atoms with Gasteiger partial charge < -0.3 is 10.4 Å². The number of hydrogen-bond donors (Lipinski definition) is 2. The average Bonchev–Trinajstić information content (AvgIpc) is 2.37. The molecule has 0 aromatic heterocycles. The van der Waals surface area contributed by atoms with Crippen LogP contribution in [0.2, 0.25) is 0 Å².